The molecule has 2 aromatic rings. The van der Waals surface area contributed by atoms with Gasteiger partial charge in [-0.1, -0.05) is 30.3 Å². The van der Waals surface area contributed by atoms with Gasteiger partial charge in [-0.3, -0.25) is 9.36 Å². The van der Waals surface area contributed by atoms with Crippen molar-refractivity contribution in [1.29, 1.82) is 5.26 Å². The van der Waals surface area contributed by atoms with E-state index in [9.17, 15) is 14.7 Å². The van der Waals surface area contributed by atoms with Crippen LogP contribution in [0, 0.1) is 11.3 Å². The van der Waals surface area contributed by atoms with Gasteiger partial charge in [0.15, 0.2) is 0 Å². The van der Waals surface area contributed by atoms with Crippen molar-refractivity contribution in [2.45, 2.75) is 19.3 Å². The van der Waals surface area contributed by atoms with Gasteiger partial charge in [-0.15, -0.1) is 0 Å². The Hall–Kier alpha value is -2.69. The number of rotatable bonds is 6. The van der Waals surface area contributed by atoms with Crippen molar-refractivity contribution < 1.29 is 9.84 Å². The van der Waals surface area contributed by atoms with Crippen LogP contribution in [0.15, 0.2) is 46.1 Å². The number of hydrogen-bond donors (Lipinski definition) is 1. The van der Waals surface area contributed by atoms with Gasteiger partial charge in [-0.2, -0.15) is 5.26 Å². The van der Waals surface area contributed by atoms with Crippen molar-refractivity contribution in [2.75, 3.05) is 6.61 Å². The molecule has 1 heterocycles. The molecule has 7 heteroatoms. The minimum atomic E-state index is -1.03. The second-order valence-electron chi connectivity index (χ2n) is 5.12. The van der Waals surface area contributed by atoms with Crippen molar-refractivity contribution >= 4 is 0 Å². The Bertz CT molecular complexity index is 818. The lowest BCUT2D eigenvalue weighted by Crippen LogP contribution is -2.43. The molecule has 0 fully saturated rings. The first-order chi connectivity index (χ1) is 11.0. The molecule has 0 spiro atoms. The van der Waals surface area contributed by atoms with Crippen LogP contribution in [0.1, 0.15) is 11.1 Å². The standard InChI is InChI=1S/C16H17N3O4/c1-18-8-13(7-17)15(21)19(16(18)22)9-14(20)11-23-10-12-5-3-2-4-6-12/h2-6,8,14,20H,9-11H2,1H3/t14-/m0/s1. The smallest absolute Gasteiger partial charge is 0.330 e. The fourth-order valence-electron chi connectivity index (χ4n) is 2.11. The van der Waals surface area contributed by atoms with Crippen molar-refractivity contribution in [3.05, 3.63) is 68.5 Å². The van der Waals surface area contributed by atoms with Crippen LogP contribution < -0.4 is 11.2 Å². The molecule has 1 aromatic heterocycles. The second kappa shape index (κ2) is 7.54. The Morgan fingerprint density at radius 2 is 2.00 bits per heavy atom. The summed E-state index contributed by atoms with van der Waals surface area (Å²) in [6.45, 7) is 0.0696. The summed E-state index contributed by atoms with van der Waals surface area (Å²) in [5.74, 6) is 0. The van der Waals surface area contributed by atoms with E-state index >= 15 is 0 Å². The molecule has 2 rings (SSSR count). The Morgan fingerprint density at radius 3 is 2.65 bits per heavy atom. The van der Waals surface area contributed by atoms with Crippen molar-refractivity contribution in [1.82, 2.24) is 9.13 Å². The van der Waals surface area contributed by atoms with E-state index in [-0.39, 0.29) is 18.7 Å². The molecular weight excluding hydrogens is 298 g/mol. The van der Waals surface area contributed by atoms with Crippen LogP contribution in [0.4, 0.5) is 0 Å². The summed E-state index contributed by atoms with van der Waals surface area (Å²) in [5, 5.41) is 18.9. The Morgan fingerprint density at radius 1 is 1.30 bits per heavy atom. The van der Waals surface area contributed by atoms with Gasteiger partial charge in [0, 0.05) is 13.2 Å². The minimum absolute atomic E-state index is 0.0265. The van der Waals surface area contributed by atoms with Gasteiger partial charge >= 0.3 is 5.69 Å². The van der Waals surface area contributed by atoms with E-state index in [2.05, 4.69) is 0 Å². The molecule has 120 valence electrons. The third kappa shape index (κ3) is 4.16. The first-order valence-electron chi connectivity index (χ1n) is 7.03. The average molecular weight is 315 g/mol. The number of ether oxygens (including phenoxy) is 1. The summed E-state index contributed by atoms with van der Waals surface area (Å²) in [6, 6.07) is 11.2. The lowest BCUT2D eigenvalue weighted by Gasteiger charge is -2.13. The third-order valence-corrected chi connectivity index (χ3v) is 3.27. The van der Waals surface area contributed by atoms with E-state index < -0.39 is 17.4 Å². The Balaban J connectivity index is 2.02. The van der Waals surface area contributed by atoms with Crippen molar-refractivity contribution in [3.63, 3.8) is 0 Å². The fourth-order valence-corrected chi connectivity index (χ4v) is 2.11. The van der Waals surface area contributed by atoms with Crippen LogP contribution in [0.2, 0.25) is 0 Å². The summed E-state index contributed by atoms with van der Waals surface area (Å²) in [4.78, 5) is 23.9. The van der Waals surface area contributed by atoms with Crippen LogP contribution >= 0.6 is 0 Å². The van der Waals surface area contributed by atoms with Crippen LogP contribution in [-0.4, -0.2) is 27.0 Å². The highest BCUT2D eigenvalue weighted by atomic mass is 16.5. The molecule has 0 aliphatic rings. The van der Waals surface area contributed by atoms with E-state index in [1.54, 1.807) is 6.07 Å². The predicted octanol–water partition coefficient (Wildman–Crippen LogP) is -0.00362. The molecule has 0 saturated heterocycles. The number of aliphatic hydroxyl groups excluding tert-OH is 1. The molecule has 7 nitrogen and oxygen atoms in total. The number of benzene rings is 1. The molecule has 0 amide bonds. The monoisotopic (exact) mass is 315 g/mol. The van der Waals surface area contributed by atoms with Gasteiger partial charge in [0.25, 0.3) is 5.56 Å². The summed E-state index contributed by atoms with van der Waals surface area (Å²) in [5.41, 5.74) is -0.488. The Kier molecular flexibility index (Phi) is 5.46. The summed E-state index contributed by atoms with van der Waals surface area (Å²) >= 11 is 0. The van der Waals surface area contributed by atoms with Crippen LogP contribution in [0.25, 0.3) is 0 Å². The third-order valence-electron chi connectivity index (χ3n) is 3.27. The topological polar surface area (TPSA) is 97.2 Å². The zero-order chi connectivity index (χ0) is 16.8. The Labute approximate surface area is 132 Å². The molecule has 0 bridgehead atoms. The zero-order valence-electron chi connectivity index (χ0n) is 12.7. The molecule has 0 radical (unpaired) electrons. The van der Waals surface area contributed by atoms with Crippen molar-refractivity contribution in [2.24, 2.45) is 7.05 Å². The lowest BCUT2D eigenvalue weighted by atomic mass is 10.2. The number of hydrogen-bond acceptors (Lipinski definition) is 5. The molecular formula is C16H17N3O4. The van der Waals surface area contributed by atoms with Gasteiger partial charge in [-0.25, -0.2) is 4.79 Å². The van der Waals surface area contributed by atoms with E-state index in [1.807, 2.05) is 30.3 Å². The van der Waals surface area contributed by atoms with Gasteiger partial charge in [0.2, 0.25) is 0 Å². The lowest BCUT2D eigenvalue weighted by molar-refractivity contribution is 0.0191. The summed E-state index contributed by atoms with van der Waals surface area (Å²) in [6.07, 6.45) is 0.150. The van der Waals surface area contributed by atoms with E-state index in [0.29, 0.717) is 6.61 Å². The molecule has 0 saturated carbocycles. The second-order valence-corrected chi connectivity index (χ2v) is 5.12. The van der Waals surface area contributed by atoms with Crippen LogP contribution in [0.3, 0.4) is 0 Å². The number of aromatic nitrogens is 2. The number of nitriles is 1. The van der Waals surface area contributed by atoms with Gasteiger partial charge in [0.1, 0.15) is 11.6 Å². The summed E-state index contributed by atoms with van der Waals surface area (Å²) in [7, 11) is 1.44. The molecule has 1 atom stereocenters. The van der Waals surface area contributed by atoms with Gasteiger partial charge in [-0.05, 0) is 5.56 Å². The molecule has 0 aliphatic carbocycles. The molecule has 23 heavy (non-hydrogen) atoms. The first kappa shape index (κ1) is 16.7. The number of aryl methyl sites for hydroxylation is 1. The van der Waals surface area contributed by atoms with Gasteiger partial charge < -0.3 is 14.4 Å². The minimum Gasteiger partial charge on any atom is -0.389 e. The molecule has 1 aromatic carbocycles. The quantitative estimate of drug-likeness (QED) is 0.809. The van der Waals surface area contributed by atoms with Gasteiger partial charge in [0.05, 0.1) is 25.9 Å². The highest BCUT2D eigenvalue weighted by Gasteiger charge is 2.13. The van der Waals surface area contributed by atoms with Crippen molar-refractivity contribution in [3.8, 4) is 6.07 Å². The van der Waals surface area contributed by atoms with E-state index in [4.69, 9.17) is 10.00 Å². The van der Waals surface area contributed by atoms with Crippen LogP contribution in [0.5, 0.6) is 0 Å². The molecule has 0 unspecified atom stereocenters. The molecule has 0 aliphatic heterocycles. The number of aliphatic hydroxyl groups is 1. The maximum atomic E-state index is 12.0. The highest BCUT2D eigenvalue weighted by molar-refractivity contribution is 5.22. The van der Waals surface area contributed by atoms with E-state index in [0.717, 1.165) is 14.7 Å². The maximum absolute atomic E-state index is 12.0. The normalized spacial score (nSPS) is 11.9. The maximum Gasteiger partial charge on any atom is 0.330 e. The largest absolute Gasteiger partial charge is 0.389 e. The fraction of sp³-hybridized carbons (Fsp3) is 0.312. The van der Waals surface area contributed by atoms with E-state index in [1.165, 1.54) is 13.2 Å². The highest BCUT2D eigenvalue weighted by Crippen LogP contribution is 2.01. The zero-order valence-corrected chi connectivity index (χ0v) is 12.7. The number of nitrogens with zero attached hydrogens (tertiary/aromatic N) is 3. The average Bonchev–Trinajstić information content (AvgIpc) is 2.56. The first-order valence-corrected chi connectivity index (χ1v) is 7.03. The predicted molar refractivity (Wildman–Crippen MR) is 82.8 cm³/mol. The molecule has 1 N–H and O–H groups in total. The summed E-state index contributed by atoms with van der Waals surface area (Å²) < 4.78 is 7.36. The van der Waals surface area contributed by atoms with Crippen LogP contribution in [-0.2, 0) is 24.9 Å². The SMILES string of the molecule is Cn1cc(C#N)c(=O)n(C[C@H](O)COCc2ccccc2)c1=O.